The molecule has 0 bridgehead atoms. The molecule has 2 aromatic heterocycles. The van der Waals surface area contributed by atoms with Crippen LogP contribution in [0.4, 0.5) is 0 Å². The van der Waals surface area contributed by atoms with E-state index in [2.05, 4.69) is 26.7 Å². The average molecular weight is 381 g/mol. The van der Waals surface area contributed by atoms with Gasteiger partial charge in [-0.25, -0.2) is 4.98 Å². The second-order valence-electron chi connectivity index (χ2n) is 7.08. The van der Waals surface area contributed by atoms with Crippen molar-refractivity contribution in [1.82, 2.24) is 20.6 Å². The molecule has 0 saturated carbocycles. The van der Waals surface area contributed by atoms with Crippen molar-refractivity contribution in [1.29, 1.82) is 0 Å². The summed E-state index contributed by atoms with van der Waals surface area (Å²) in [6.45, 7) is 4.51. The summed E-state index contributed by atoms with van der Waals surface area (Å²) < 4.78 is 0. The van der Waals surface area contributed by atoms with Gasteiger partial charge >= 0.3 is 0 Å². The fourth-order valence-corrected chi connectivity index (χ4v) is 4.75. The normalized spacial score (nSPS) is 15.1. The molecule has 0 atom stereocenters. The number of aryl methyl sites for hydroxylation is 1. The lowest BCUT2D eigenvalue weighted by Crippen LogP contribution is -2.28. The van der Waals surface area contributed by atoms with E-state index >= 15 is 0 Å². The van der Waals surface area contributed by atoms with Gasteiger partial charge in [0.15, 0.2) is 0 Å². The van der Waals surface area contributed by atoms with Gasteiger partial charge in [-0.05, 0) is 50.2 Å². The molecule has 140 valence electrons. The maximum atomic E-state index is 12.7. The molecule has 0 radical (unpaired) electrons. The maximum absolute atomic E-state index is 12.7. The number of hydrogen-bond donors (Lipinski definition) is 2. The minimum atomic E-state index is -0.0590. The molecule has 6 heteroatoms. The van der Waals surface area contributed by atoms with Crippen molar-refractivity contribution in [3.63, 3.8) is 0 Å². The second kappa shape index (κ2) is 8.15. The number of piperidine rings is 1. The first-order valence-corrected chi connectivity index (χ1v) is 10.3. The molecule has 0 spiro atoms. The highest BCUT2D eigenvalue weighted by Crippen LogP contribution is 2.24. The van der Waals surface area contributed by atoms with Gasteiger partial charge in [0.1, 0.15) is 4.88 Å². The van der Waals surface area contributed by atoms with Crippen LogP contribution in [0, 0.1) is 12.8 Å². The zero-order chi connectivity index (χ0) is 18.6. The van der Waals surface area contributed by atoms with E-state index in [0.29, 0.717) is 12.5 Å². The van der Waals surface area contributed by atoms with Gasteiger partial charge in [-0.1, -0.05) is 24.3 Å². The molecule has 2 N–H and O–H groups in total. The summed E-state index contributed by atoms with van der Waals surface area (Å²) in [5.41, 5.74) is 1.71. The summed E-state index contributed by atoms with van der Waals surface area (Å²) in [5.74, 6) is 0.615. The van der Waals surface area contributed by atoms with Gasteiger partial charge in [0.2, 0.25) is 0 Å². The van der Waals surface area contributed by atoms with Gasteiger partial charge < -0.3 is 10.6 Å². The Morgan fingerprint density at radius 1 is 1.26 bits per heavy atom. The minimum Gasteiger partial charge on any atom is -0.346 e. The fraction of sp³-hybridized carbons (Fsp3) is 0.381. The topological polar surface area (TPSA) is 66.9 Å². The first-order chi connectivity index (χ1) is 13.2. The molecule has 5 nitrogen and oxygen atoms in total. The van der Waals surface area contributed by atoms with Gasteiger partial charge in [0.25, 0.3) is 5.91 Å². The highest BCUT2D eigenvalue weighted by atomic mass is 32.1. The van der Waals surface area contributed by atoms with Gasteiger partial charge in [-0.2, -0.15) is 0 Å². The first kappa shape index (κ1) is 18.1. The first-order valence-electron chi connectivity index (χ1n) is 9.48. The van der Waals surface area contributed by atoms with Crippen molar-refractivity contribution in [2.45, 2.75) is 32.7 Å². The number of fused-ring (bicyclic) bond motifs is 1. The number of hydrogen-bond acceptors (Lipinski definition) is 5. The van der Waals surface area contributed by atoms with Crippen LogP contribution in [-0.4, -0.2) is 29.0 Å². The third-order valence-corrected chi connectivity index (χ3v) is 6.32. The number of nitrogens with one attached hydrogen (secondary N) is 2. The molecule has 1 amide bonds. The summed E-state index contributed by atoms with van der Waals surface area (Å²) >= 11 is 1.54. The van der Waals surface area contributed by atoms with Crippen molar-refractivity contribution in [2.75, 3.05) is 13.1 Å². The number of carbonyl (C=O) groups excluding carboxylic acids is 1. The molecule has 1 aliphatic heterocycles. The summed E-state index contributed by atoms with van der Waals surface area (Å²) in [6.07, 6.45) is 5.14. The standard InChI is InChI=1S/C21H24N4OS/c1-14-20(27-19(25-14)12-15-6-9-22-10-7-15)21(26)24-13-18-17-5-3-2-4-16(17)8-11-23-18/h2-5,8,11,15,22H,6-7,9-10,12-13H2,1H3,(H,24,26). The lowest BCUT2D eigenvalue weighted by molar-refractivity contribution is 0.0954. The van der Waals surface area contributed by atoms with Crippen LogP contribution >= 0.6 is 11.3 Å². The van der Waals surface area contributed by atoms with Crippen molar-refractivity contribution in [3.8, 4) is 0 Å². The van der Waals surface area contributed by atoms with Gasteiger partial charge in [-0.15, -0.1) is 11.3 Å². The Bertz CT molecular complexity index is 941. The number of pyridine rings is 1. The van der Waals surface area contributed by atoms with E-state index in [9.17, 15) is 4.79 Å². The van der Waals surface area contributed by atoms with Gasteiger partial charge in [0, 0.05) is 18.0 Å². The second-order valence-corrected chi connectivity index (χ2v) is 8.16. The molecule has 1 aromatic carbocycles. The fourth-order valence-electron chi connectivity index (χ4n) is 3.65. The molecule has 27 heavy (non-hydrogen) atoms. The summed E-state index contributed by atoms with van der Waals surface area (Å²) in [6, 6.07) is 10.1. The number of nitrogens with zero attached hydrogens (tertiary/aromatic N) is 2. The zero-order valence-electron chi connectivity index (χ0n) is 15.5. The molecule has 4 rings (SSSR count). The van der Waals surface area contributed by atoms with Crippen LogP contribution in [-0.2, 0) is 13.0 Å². The van der Waals surface area contributed by atoms with Crippen molar-refractivity contribution in [2.24, 2.45) is 5.92 Å². The number of benzene rings is 1. The summed E-state index contributed by atoms with van der Waals surface area (Å²) in [4.78, 5) is 22.5. The number of rotatable bonds is 5. The van der Waals surface area contributed by atoms with E-state index in [1.165, 1.54) is 24.2 Å². The van der Waals surface area contributed by atoms with Crippen LogP contribution < -0.4 is 10.6 Å². The largest absolute Gasteiger partial charge is 0.346 e. The van der Waals surface area contributed by atoms with Crippen LogP contribution in [0.1, 0.15) is 38.9 Å². The van der Waals surface area contributed by atoms with Crippen molar-refractivity contribution >= 4 is 28.0 Å². The molecule has 0 aliphatic carbocycles. The quantitative estimate of drug-likeness (QED) is 0.711. The Labute approximate surface area is 163 Å². The van der Waals surface area contributed by atoms with Crippen LogP contribution in [0.3, 0.4) is 0 Å². The van der Waals surface area contributed by atoms with E-state index in [0.717, 1.165) is 51.6 Å². The Kier molecular flexibility index (Phi) is 5.45. The highest BCUT2D eigenvalue weighted by molar-refractivity contribution is 7.13. The average Bonchev–Trinajstić information content (AvgIpc) is 3.07. The number of thiazole rings is 1. The lowest BCUT2D eigenvalue weighted by atomic mass is 9.95. The molecular weight excluding hydrogens is 356 g/mol. The third kappa shape index (κ3) is 4.17. The minimum absolute atomic E-state index is 0.0590. The molecule has 3 aromatic rings. The molecule has 1 fully saturated rings. The molecule has 3 heterocycles. The van der Waals surface area contributed by atoms with Crippen LogP contribution in [0.5, 0.6) is 0 Å². The Balaban J connectivity index is 1.43. The van der Waals surface area contributed by atoms with Crippen LogP contribution in [0.15, 0.2) is 36.5 Å². The Morgan fingerprint density at radius 3 is 2.93 bits per heavy atom. The Hall–Kier alpha value is -2.31. The highest BCUT2D eigenvalue weighted by Gasteiger charge is 2.19. The Morgan fingerprint density at radius 2 is 2.07 bits per heavy atom. The van der Waals surface area contributed by atoms with Crippen molar-refractivity contribution in [3.05, 3.63) is 57.8 Å². The number of amides is 1. The maximum Gasteiger partial charge on any atom is 0.263 e. The third-order valence-electron chi connectivity index (χ3n) is 5.14. The van der Waals surface area contributed by atoms with E-state index in [-0.39, 0.29) is 5.91 Å². The summed E-state index contributed by atoms with van der Waals surface area (Å²) in [5, 5.41) is 9.71. The summed E-state index contributed by atoms with van der Waals surface area (Å²) in [7, 11) is 0. The van der Waals surface area contributed by atoms with Crippen LogP contribution in [0.2, 0.25) is 0 Å². The van der Waals surface area contributed by atoms with Gasteiger partial charge in [-0.3, -0.25) is 9.78 Å². The number of carbonyl (C=O) groups is 1. The molecule has 1 aliphatic rings. The SMILES string of the molecule is Cc1nc(CC2CCNCC2)sc1C(=O)NCc1nccc2ccccc12. The predicted octanol–water partition coefficient (Wildman–Crippen LogP) is 3.47. The number of aromatic nitrogens is 2. The van der Waals surface area contributed by atoms with Gasteiger partial charge in [0.05, 0.1) is 22.9 Å². The molecule has 1 saturated heterocycles. The smallest absolute Gasteiger partial charge is 0.263 e. The van der Waals surface area contributed by atoms with E-state index < -0.39 is 0 Å². The molecular formula is C21H24N4OS. The van der Waals surface area contributed by atoms with E-state index in [1.807, 2.05) is 31.2 Å². The predicted molar refractivity (Wildman–Crippen MR) is 109 cm³/mol. The zero-order valence-corrected chi connectivity index (χ0v) is 16.3. The van der Waals surface area contributed by atoms with E-state index in [4.69, 9.17) is 0 Å². The van der Waals surface area contributed by atoms with Crippen LogP contribution in [0.25, 0.3) is 10.8 Å². The molecule has 0 unspecified atom stereocenters. The van der Waals surface area contributed by atoms with Crippen molar-refractivity contribution < 1.29 is 4.79 Å². The monoisotopic (exact) mass is 380 g/mol. The lowest BCUT2D eigenvalue weighted by Gasteiger charge is -2.21. The van der Waals surface area contributed by atoms with E-state index in [1.54, 1.807) is 6.20 Å².